The molecule has 0 radical (unpaired) electrons. The molecule has 0 aliphatic heterocycles. The van der Waals surface area contributed by atoms with Gasteiger partial charge in [-0.2, -0.15) is 0 Å². The number of hydrogen-bond donors (Lipinski definition) is 1. The number of aromatic nitrogens is 3. The molecule has 6 nitrogen and oxygen atoms in total. The van der Waals surface area contributed by atoms with Crippen LogP contribution in [-0.2, 0) is 6.42 Å². The number of amides is 1. The summed E-state index contributed by atoms with van der Waals surface area (Å²) in [6.45, 7) is 2.09. The van der Waals surface area contributed by atoms with E-state index < -0.39 is 0 Å². The van der Waals surface area contributed by atoms with Crippen LogP contribution in [0.4, 0.5) is 0 Å². The summed E-state index contributed by atoms with van der Waals surface area (Å²) in [6.07, 6.45) is 6.17. The highest BCUT2D eigenvalue weighted by molar-refractivity contribution is 5.93. The van der Waals surface area contributed by atoms with Gasteiger partial charge in [-0.25, -0.2) is 4.68 Å². The number of nitrogens with one attached hydrogen (secondary N) is 1. The molecule has 1 heterocycles. The first-order valence-electron chi connectivity index (χ1n) is 8.62. The van der Waals surface area contributed by atoms with Crippen LogP contribution in [0.15, 0.2) is 24.3 Å². The smallest absolute Gasteiger partial charge is 0.273 e. The second kappa shape index (κ2) is 7.47. The van der Waals surface area contributed by atoms with E-state index in [9.17, 15) is 4.79 Å². The predicted molar refractivity (Wildman–Crippen MR) is 91.6 cm³/mol. The van der Waals surface area contributed by atoms with Crippen LogP contribution in [0.5, 0.6) is 5.75 Å². The Labute approximate surface area is 142 Å². The second-order valence-electron chi connectivity index (χ2n) is 6.20. The Balaban J connectivity index is 1.86. The molecule has 6 heteroatoms. The molecule has 1 aliphatic rings. The summed E-state index contributed by atoms with van der Waals surface area (Å²) in [4.78, 5) is 12.6. The summed E-state index contributed by atoms with van der Waals surface area (Å²) in [5.74, 6) is 0.681. The third-order valence-corrected chi connectivity index (χ3v) is 4.47. The summed E-state index contributed by atoms with van der Waals surface area (Å²) in [6, 6.07) is 7.88. The molecule has 0 spiro atoms. The van der Waals surface area contributed by atoms with E-state index in [0.29, 0.717) is 5.69 Å². The first-order chi connectivity index (χ1) is 11.7. The van der Waals surface area contributed by atoms with Gasteiger partial charge in [0.05, 0.1) is 18.5 Å². The summed E-state index contributed by atoms with van der Waals surface area (Å²) in [5, 5.41) is 11.5. The molecular weight excluding hydrogens is 304 g/mol. The average Bonchev–Trinajstić information content (AvgIpc) is 3.25. The number of methoxy groups -OCH3 is 1. The van der Waals surface area contributed by atoms with Gasteiger partial charge in [0.1, 0.15) is 5.75 Å². The number of hydrogen-bond acceptors (Lipinski definition) is 4. The highest BCUT2D eigenvalue weighted by Crippen LogP contribution is 2.20. The van der Waals surface area contributed by atoms with Crippen molar-refractivity contribution >= 4 is 5.91 Å². The lowest BCUT2D eigenvalue weighted by atomic mass is 10.1. The van der Waals surface area contributed by atoms with Gasteiger partial charge < -0.3 is 10.1 Å². The van der Waals surface area contributed by atoms with E-state index in [1.54, 1.807) is 11.8 Å². The van der Waals surface area contributed by atoms with Crippen molar-refractivity contribution in [3.63, 3.8) is 0 Å². The summed E-state index contributed by atoms with van der Waals surface area (Å²) in [5.41, 5.74) is 2.18. The fraction of sp³-hybridized carbons (Fsp3) is 0.500. The van der Waals surface area contributed by atoms with Crippen LogP contribution in [0.1, 0.15) is 55.2 Å². The van der Waals surface area contributed by atoms with Gasteiger partial charge in [0.25, 0.3) is 5.91 Å². The lowest BCUT2D eigenvalue weighted by Gasteiger charge is -2.12. The minimum absolute atomic E-state index is 0.106. The highest BCUT2D eigenvalue weighted by atomic mass is 16.5. The van der Waals surface area contributed by atoms with E-state index in [0.717, 1.165) is 42.8 Å². The molecular formula is C18H24N4O2. The van der Waals surface area contributed by atoms with Crippen LogP contribution in [0.3, 0.4) is 0 Å². The third-order valence-electron chi connectivity index (χ3n) is 4.47. The van der Waals surface area contributed by atoms with E-state index in [2.05, 4.69) is 22.6 Å². The maximum atomic E-state index is 12.6. The Morgan fingerprint density at radius 1 is 1.29 bits per heavy atom. The maximum absolute atomic E-state index is 12.6. The van der Waals surface area contributed by atoms with Crippen LogP contribution in [0.25, 0.3) is 5.69 Å². The number of carbonyl (C=O) groups excluding carboxylic acids is 1. The zero-order valence-electron chi connectivity index (χ0n) is 14.3. The van der Waals surface area contributed by atoms with Crippen molar-refractivity contribution in [2.24, 2.45) is 0 Å². The molecule has 0 unspecified atom stereocenters. The normalized spacial score (nSPS) is 14.8. The molecule has 2 aromatic rings. The van der Waals surface area contributed by atoms with Crippen molar-refractivity contribution in [1.29, 1.82) is 0 Å². The lowest BCUT2D eigenvalue weighted by molar-refractivity contribution is 0.0931. The van der Waals surface area contributed by atoms with E-state index in [1.165, 1.54) is 12.8 Å². The molecule has 0 atom stereocenters. The van der Waals surface area contributed by atoms with Crippen LogP contribution in [-0.4, -0.2) is 34.1 Å². The van der Waals surface area contributed by atoms with Gasteiger partial charge in [-0.1, -0.05) is 31.4 Å². The average molecular weight is 328 g/mol. The molecule has 3 rings (SSSR count). The van der Waals surface area contributed by atoms with Gasteiger partial charge in [-0.15, -0.1) is 5.10 Å². The van der Waals surface area contributed by atoms with E-state index in [4.69, 9.17) is 4.74 Å². The van der Waals surface area contributed by atoms with E-state index in [1.807, 2.05) is 24.3 Å². The van der Waals surface area contributed by atoms with E-state index in [-0.39, 0.29) is 11.9 Å². The Bertz CT molecular complexity index is 688. The van der Waals surface area contributed by atoms with Gasteiger partial charge in [-0.3, -0.25) is 4.79 Å². The topological polar surface area (TPSA) is 69.0 Å². The van der Waals surface area contributed by atoms with Gasteiger partial charge >= 0.3 is 0 Å². The third kappa shape index (κ3) is 3.42. The standard InChI is InChI=1S/C18H24N4O2/c1-3-6-16-17(18(23)19-13-7-4-5-8-13)20-21-22(16)14-9-11-15(24-2)12-10-14/h9-13H,3-8H2,1-2H3,(H,19,23). The highest BCUT2D eigenvalue weighted by Gasteiger charge is 2.23. The minimum Gasteiger partial charge on any atom is -0.497 e. The van der Waals surface area contributed by atoms with Gasteiger partial charge in [0.2, 0.25) is 0 Å². The van der Waals surface area contributed by atoms with Crippen molar-refractivity contribution < 1.29 is 9.53 Å². The van der Waals surface area contributed by atoms with Crippen molar-refractivity contribution in [2.45, 2.75) is 51.5 Å². The van der Waals surface area contributed by atoms with Gasteiger partial charge in [0.15, 0.2) is 5.69 Å². The van der Waals surface area contributed by atoms with Crippen LogP contribution in [0.2, 0.25) is 0 Å². The van der Waals surface area contributed by atoms with Crippen molar-refractivity contribution in [3.05, 3.63) is 35.7 Å². The van der Waals surface area contributed by atoms with Gasteiger partial charge in [0, 0.05) is 6.04 Å². The number of carbonyl (C=O) groups is 1. The maximum Gasteiger partial charge on any atom is 0.273 e. The summed E-state index contributed by atoms with van der Waals surface area (Å²) < 4.78 is 6.95. The molecule has 24 heavy (non-hydrogen) atoms. The lowest BCUT2D eigenvalue weighted by Crippen LogP contribution is -2.33. The van der Waals surface area contributed by atoms with Crippen molar-refractivity contribution in [2.75, 3.05) is 7.11 Å². The SMILES string of the molecule is CCCc1c(C(=O)NC2CCCC2)nnn1-c1ccc(OC)cc1. The molecule has 1 fully saturated rings. The summed E-state index contributed by atoms with van der Waals surface area (Å²) >= 11 is 0. The zero-order chi connectivity index (χ0) is 16.9. The molecule has 1 aromatic carbocycles. The number of ether oxygens (including phenoxy) is 1. The molecule has 1 N–H and O–H groups in total. The molecule has 1 saturated carbocycles. The molecule has 1 aliphatic carbocycles. The van der Waals surface area contributed by atoms with Crippen molar-refractivity contribution in [3.8, 4) is 11.4 Å². The van der Waals surface area contributed by atoms with Gasteiger partial charge in [-0.05, 0) is 43.5 Å². The molecule has 0 bridgehead atoms. The van der Waals surface area contributed by atoms with E-state index >= 15 is 0 Å². The summed E-state index contributed by atoms with van der Waals surface area (Å²) in [7, 11) is 1.64. The Hall–Kier alpha value is -2.37. The van der Waals surface area contributed by atoms with Crippen LogP contribution < -0.4 is 10.1 Å². The number of benzene rings is 1. The minimum atomic E-state index is -0.106. The van der Waals surface area contributed by atoms with Crippen LogP contribution in [0, 0.1) is 0 Å². The Morgan fingerprint density at radius 2 is 2.00 bits per heavy atom. The zero-order valence-corrected chi connectivity index (χ0v) is 14.3. The Kier molecular flexibility index (Phi) is 5.13. The van der Waals surface area contributed by atoms with Crippen LogP contribution >= 0.6 is 0 Å². The molecule has 1 aromatic heterocycles. The first kappa shape index (κ1) is 16.5. The first-order valence-corrected chi connectivity index (χ1v) is 8.62. The number of rotatable bonds is 6. The fourth-order valence-electron chi connectivity index (χ4n) is 3.19. The predicted octanol–water partition coefficient (Wildman–Crippen LogP) is 2.90. The monoisotopic (exact) mass is 328 g/mol. The quantitative estimate of drug-likeness (QED) is 0.885. The molecule has 0 saturated heterocycles. The largest absolute Gasteiger partial charge is 0.497 e. The van der Waals surface area contributed by atoms with Crippen molar-refractivity contribution in [1.82, 2.24) is 20.3 Å². The number of nitrogens with zero attached hydrogens (tertiary/aromatic N) is 3. The molecule has 1 amide bonds. The second-order valence-corrected chi connectivity index (χ2v) is 6.20. The Morgan fingerprint density at radius 3 is 2.62 bits per heavy atom. The molecule has 128 valence electrons. The fourth-order valence-corrected chi connectivity index (χ4v) is 3.19.